The molecule has 0 unspecified atom stereocenters. The molecule has 1 aliphatic carbocycles. The van der Waals surface area contributed by atoms with Crippen molar-refractivity contribution in [3.05, 3.63) is 29.8 Å². The maximum absolute atomic E-state index is 5.68. The van der Waals surface area contributed by atoms with Gasteiger partial charge >= 0.3 is 0 Å². The molecule has 0 radical (unpaired) electrons. The van der Waals surface area contributed by atoms with Crippen molar-refractivity contribution >= 4 is 5.69 Å². The maximum atomic E-state index is 5.68. The summed E-state index contributed by atoms with van der Waals surface area (Å²) in [5, 5.41) is 0. The molecule has 1 nitrogen and oxygen atoms in total. The van der Waals surface area contributed by atoms with Gasteiger partial charge in [0.25, 0.3) is 0 Å². The van der Waals surface area contributed by atoms with Crippen LogP contribution in [0.25, 0.3) is 0 Å². The third-order valence-electron chi connectivity index (χ3n) is 3.34. The van der Waals surface area contributed by atoms with Gasteiger partial charge in [-0.25, -0.2) is 0 Å². The minimum absolute atomic E-state index is 0.777. The fourth-order valence-electron chi connectivity index (χ4n) is 2.51. The van der Waals surface area contributed by atoms with Gasteiger partial charge in [-0.1, -0.05) is 31.9 Å². The maximum Gasteiger partial charge on any atom is 0.0314 e. The number of anilines is 1. The summed E-state index contributed by atoms with van der Waals surface area (Å²) in [6.45, 7) is 2.36. The van der Waals surface area contributed by atoms with Gasteiger partial charge in [-0.2, -0.15) is 0 Å². The molecular formula is C13H19N. The Kier molecular flexibility index (Phi) is 2.76. The second-order valence-corrected chi connectivity index (χ2v) is 4.64. The Bertz CT molecular complexity index is 289. The van der Waals surface area contributed by atoms with Gasteiger partial charge in [0, 0.05) is 5.69 Å². The number of hydrogen-bond acceptors (Lipinski definition) is 1. The lowest BCUT2D eigenvalue weighted by Crippen LogP contribution is -2.11. The topological polar surface area (TPSA) is 26.0 Å². The number of hydrogen-bond donors (Lipinski definition) is 1. The lowest BCUT2D eigenvalue weighted by Gasteiger charge is -2.27. The van der Waals surface area contributed by atoms with Crippen LogP contribution in [0.2, 0.25) is 0 Å². The first-order valence-electron chi connectivity index (χ1n) is 5.61. The summed E-state index contributed by atoms with van der Waals surface area (Å²) in [5.41, 5.74) is 8.03. The van der Waals surface area contributed by atoms with Crippen LogP contribution in [0.4, 0.5) is 5.69 Å². The van der Waals surface area contributed by atoms with Gasteiger partial charge < -0.3 is 5.73 Å². The van der Waals surface area contributed by atoms with Crippen LogP contribution < -0.4 is 5.73 Å². The summed E-state index contributed by atoms with van der Waals surface area (Å²) >= 11 is 0. The molecule has 1 aromatic rings. The fraction of sp³-hybridized carbons (Fsp3) is 0.538. The van der Waals surface area contributed by atoms with Crippen LogP contribution in [0.3, 0.4) is 0 Å². The zero-order chi connectivity index (χ0) is 9.97. The Hall–Kier alpha value is -0.980. The van der Waals surface area contributed by atoms with Gasteiger partial charge in [-0.15, -0.1) is 0 Å². The van der Waals surface area contributed by atoms with Crippen molar-refractivity contribution in [2.24, 2.45) is 5.92 Å². The number of nitrogens with two attached hydrogens (primary N) is 1. The van der Waals surface area contributed by atoms with E-state index in [0.29, 0.717) is 0 Å². The second-order valence-electron chi connectivity index (χ2n) is 4.64. The zero-order valence-electron chi connectivity index (χ0n) is 8.87. The average molecular weight is 189 g/mol. The van der Waals surface area contributed by atoms with Crippen molar-refractivity contribution in [1.29, 1.82) is 0 Å². The molecule has 1 saturated carbocycles. The van der Waals surface area contributed by atoms with Gasteiger partial charge in [0.15, 0.2) is 0 Å². The normalized spacial score (nSPS) is 27.5. The second kappa shape index (κ2) is 4.04. The highest BCUT2D eigenvalue weighted by Gasteiger charge is 2.19. The summed E-state index contributed by atoms with van der Waals surface area (Å²) in [4.78, 5) is 0. The van der Waals surface area contributed by atoms with E-state index in [2.05, 4.69) is 19.1 Å². The Morgan fingerprint density at radius 3 is 2.50 bits per heavy atom. The Morgan fingerprint density at radius 1 is 1.14 bits per heavy atom. The molecule has 1 fully saturated rings. The van der Waals surface area contributed by atoms with E-state index < -0.39 is 0 Å². The summed E-state index contributed by atoms with van der Waals surface area (Å²) in [6, 6.07) is 8.43. The standard InChI is InChI=1S/C13H19N/c1-10-3-2-4-12(9-10)11-5-7-13(14)8-6-11/h5-8,10,12H,2-4,9,14H2,1H3/t10-,12+/m0/s1. The molecular weight excluding hydrogens is 170 g/mol. The lowest BCUT2D eigenvalue weighted by atomic mass is 9.79. The molecule has 1 aliphatic rings. The molecule has 2 N–H and O–H groups in total. The highest BCUT2D eigenvalue weighted by Crippen LogP contribution is 2.35. The van der Waals surface area contributed by atoms with Crippen molar-refractivity contribution in [1.82, 2.24) is 0 Å². The minimum atomic E-state index is 0.777. The van der Waals surface area contributed by atoms with Crippen LogP contribution in [0.15, 0.2) is 24.3 Å². The van der Waals surface area contributed by atoms with E-state index >= 15 is 0 Å². The number of rotatable bonds is 1. The van der Waals surface area contributed by atoms with Crippen molar-refractivity contribution in [2.75, 3.05) is 5.73 Å². The average Bonchev–Trinajstić information content (AvgIpc) is 2.19. The molecule has 0 amide bonds. The summed E-state index contributed by atoms with van der Waals surface area (Å²) < 4.78 is 0. The van der Waals surface area contributed by atoms with E-state index in [-0.39, 0.29) is 0 Å². The Labute approximate surface area is 86.3 Å². The number of nitrogen functional groups attached to an aromatic ring is 1. The highest BCUT2D eigenvalue weighted by molar-refractivity contribution is 5.40. The Morgan fingerprint density at radius 2 is 1.86 bits per heavy atom. The smallest absolute Gasteiger partial charge is 0.0314 e. The Balaban J connectivity index is 2.10. The lowest BCUT2D eigenvalue weighted by molar-refractivity contribution is 0.344. The van der Waals surface area contributed by atoms with Gasteiger partial charge in [0.1, 0.15) is 0 Å². The molecule has 1 aromatic carbocycles. The van der Waals surface area contributed by atoms with Gasteiger partial charge in [-0.05, 0) is 42.4 Å². The van der Waals surface area contributed by atoms with Crippen LogP contribution in [-0.2, 0) is 0 Å². The summed E-state index contributed by atoms with van der Waals surface area (Å²) in [6.07, 6.45) is 5.50. The minimum Gasteiger partial charge on any atom is -0.399 e. The van der Waals surface area contributed by atoms with E-state index in [1.165, 1.54) is 31.2 Å². The molecule has 1 heteroatoms. The van der Waals surface area contributed by atoms with Crippen LogP contribution >= 0.6 is 0 Å². The third kappa shape index (κ3) is 2.09. The van der Waals surface area contributed by atoms with Crippen molar-refractivity contribution in [3.63, 3.8) is 0 Å². The van der Waals surface area contributed by atoms with E-state index in [1.54, 1.807) is 0 Å². The first kappa shape index (κ1) is 9.57. The molecule has 0 bridgehead atoms. The third-order valence-corrected chi connectivity index (χ3v) is 3.34. The van der Waals surface area contributed by atoms with E-state index in [1.807, 2.05) is 12.1 Å². The van der Waals surface area contributed by atoms with Crippen LogP contribution in [-0.4, -0.2) is 0 Å². The SMILES string of the molecule is C[C@H]1CCC[C@@H](c2ccc(N)cc2)C1. The molecule has 0 aliphatic heterocycles. The molecule has 0 aromatic heterocycles. The van der Waals surface area contributed by atoms with Crippen molar-refractivity contribution < 1.29 is 0 Å². The molecule has 2 rings (SSSR count). The van der Waals surface area contributed by atoms with Crippen molar-refractivity contribution in [3.8, 4) is 0 Å². The predicted molar refractivity (Wildman–Crippen MR) is 61.2 cm³/mol. The van der Waals surface area contributed by atoms with Crippen LogP contribution in [0.5, 0.6) is 0 Å². The van der Waals surface area contributed by atoms with Crippen LogP contribution in [0.1, 0.15) is 44.1 Å². The van der Waals surface area contributed by atoms with Gasteiger partial charge in [0.2, 0.25) is 0 Å². The summed E-state index contributed by atoms with van der Waals surface area (Å²) in [7, 11) is 0. The highest BCUT2D eigenvalue weighted by atomic mass is 14.5. The monoisotopic (exact) mass is 189 g/mol. The first-order chi connectivity index (χ1) is 6.75. The quantitative estimate of drug-likeness (QED) is 0.672. The molecule has 76 valence electrons. The molecule has 14 heavy (non-hydrogen) atoms. The molecule has 0 saturated heterocycles. The van der Waals surface area contributed by atoms with Gasteiger partial charge in [0.05, 0.1) is 0 Å². The van der Waals surface area contributed by atoms with Crippen LogP contribution in [0, 0.1) is 5.92 Å². The molecule has 0 spiro atoms. The van der Waals surface area contributed by atoms with E-state index in [0.717, 1.165) is 17.5 Å². The van der Waals surface area contributed by atoms with E-state index in [4.69, 9.17) is 5.73 Å². The molecule has 0 heterocycles. The number of benzene rings is 1. The zero-order valence-corrected chi connectivity index (χ0v) is 8.87. The predicted octanol–water partition coefficient (Wildman–Crippen LogP) is 3.56. The first-order valence-corrected chi connectivity index (χ1v) is 5.61. The van der Waals surface area contributed by atoms with E-state index in [9.17, 15) is 0 Å². The van der Waals surface area contributed by atoms with Gasteiger partial charge in [-0.3, -0.25) is 0 Å². The molecule has 2 atom stereocenters. The largest absolute Gasteiger partial charge is 0.399 e. The van der Waals surface area contributed by atoms with Crippen molar-refractivity contribution in [2.45, 2.75) is 38.5 Å². The summed E-state index contributed by atoms with van der Waals surface area (Å²) in [5.74, 6) is 1.67. The fourth-order valence-corrected chi connectivity index (χ4v) is 2.51.